The molecule has 0 radical (unpaired) electrons. The van der Waals surface area contributed by atoms with Gasteiger partial charge in [-0.15, -0.1) is 0 Å². The lowest BCUT2D eigenvalue weighted by atomic mass is 10.3. The summed E-state index contributed by atoms with van der Waals surface area (Å²) in [5, 5.41) is 3.94. The molecular weight excluding hydrogens is 336 g/mol. The maximum absolute atomic E-state index is 13.4. The maximum Gasteiger partial charge on any atom is 0.231 e. The summed E-state index contributed by atoms with van der Waals surface area (Å²) in [5.41, 5.74) is 0.633. The van der Waals surface area contributed by atoms with E-state index >= 15 is 0 Å². The number of rotatable bonds is 5. The maximum atomic E-state index is 13.4. The van der Waals surface area contributed by atoms with Gasteiger partial charge in [-0.3, -0.25) is 0 Å². The molecule has 0 saturated carbocycles. The predicted octanol–water partition coefficient (Wildman–Crippen LogP) is 4.28. The Balaban J connectivity index is 2.16. The minimum atomic E-state index is -0.617. The van der Waals surface area contributed by atoms with Gasteiger partial charge in [0.05, 0.1) is 28.6 Å². The van der Waals surface area contributed by atoms with E-state index in [0.717, 1.165) is 10.0 Å². The van der Waals surface area contributed by atoms with Gasteiger partial charge in [0.25, 0.3) is 0 Å². The van der Waals surface area contributed by atoms with Crippen LogP contribution in [0.5, 0.6) is 5.88 Å². The number of benzene rings is 1. The first-order valence-corrected chi connectivity index (χ1v) is 7.59. The average Bonchev–Trinajstić information content (AvgIpc) is 2.85. The first-order chi connectivity index (χ1) is 9.92. The summed E-state index contributed by atoms with van der Waals surface area (Å²) in [6.45, 7) is 0.479. The largest absolute Gasteiger partial charge is 0.480 e. The molecule has 0 bridgehead atoms. The highest BCUT2D eigenvalue weighted by molar-refractivity contribution is 7.15. The second-order valence-corrected chi connectivity index (χ2v) is 6.31. The molecule has 0 aliphatic heterocycles. The molecule has 8 heteroatoms. The van der Waals surface area contributed by atoms with E-state index < -0.39 is 5.82 Å². The fraction of sp³-hybridized carbons (Fsp3) is 0.308. The zero-order chi connectivity index (χ0) is 15.6. The third-order valence-electron chi connectivity index (χ3n) is 2.66. The average molecular weight is 350 g/mol. The van der Waals surface area contributed by atoms with Crippen molar-refractivity contribution in [1.82, 2.24) is 4.98 Å². The number of hydrogen-bond donors (Lipinski definition) is 1. The van der Waals surface area contributed by atoms with Gasteiger partial charge in [-0.2, -0.15) is 4.98 Å². The van der Waals surface area contributed by atoms with Crippen LogP contribution >= 0.6 is 34.5 Å². The highest BCUT2D eigenvalue weighted by Gasteiger charge is 2.14. The molecule has 2 aromatic rings. The van der Waals surface area contributed by atoms with E-state index in [4.69, 9.17) is 27.9 Å². The van der Waals surface area contributed by atoms with E-state index in [1.165, 1.54) is 23.5 Å². The van der Waals surface area contributed by atoms with Crippen molar-refractivity contribution >= 4 is 45.4 Å². The molecule has 0 amide bonds. The SMILES string of the molecule is COc1nc(N(C)C)sc1CNc1cc(Cl)c(F)c(Cl)c1. The molecule has 1 N–H and O–H groups in total. The lowest BCUT2D eigenvalue weighted by molar-refractivity contribution is 0.397. The molecule has 0 atom stereocenters. The normalized spacial score (nSPS) is 10.6. The second kappa shape index (κ2) is 6.68. The number of anilines is 2. The van der Waals surface area contributed by atoms with Crippen molar-refractivity contribution in [2.24, 2.45) is 0 Å². The van der Waals surface area contributed by atoms with Crippen molar-refractivity contribution in [3.05, 3.63) is 32.9 Å². The summed E-state index contributed by atoms with van der Waals surface area (Å²) in [6.07, 6.45) is 0. The molecule has 1 aromatic carbocycles. The van der Waals surface area contributed by atoms with Crippen molar-refractivity contribution in [3.8, 4) is 5.88 Å². The van der Waals surface area contributed by atoms with Gasteiger partial charge in [-0.1, -0.05) is 34.5 Å². The first-order valence-electron chi connectivity index (χ1n) is 6.01. The number of ether oxygens (including phenoxy) is 1. The van der Waals surface area contributed by atoms with Crippen molar-refractivity contribution in [2.75, 3.05) is 31.4 Å². The standard InChI is InChI=1S/C13H14Cl2FN3OS/c1-19(2)13-18-12(20-3)10(21-13)6-17-7-4-8(14)11(16)9(15)5-7/h4-5,17H,6H2,1-3H3. The number of hydrogen-bond acceptors (Lipinski definition) is 5. The molecule has 0 aliphatic carbocycles. The summed E-state index contributed by atoms with van der Waals surface area (Å²) in [6, 6.07) is 2.98. The molecular formula is C13H14Cl2FN3OS. The zero-order valence-corrected chi connectivity index (χ0v) is 14.0. The van der Waals surface area contributed by atoms with Crippen LogP contribution < -0.4 is 15.0 Å². The molecule has 1 aromatic heterocycles. The first kappa shape index (κ1) is 16.1. The number of nitrogens with zero attached hydrogens (tertiary/aromatic N) is 2. The Morgan fingerprint density at radius 3 is 2.48 bits per heavy atom. The van der Waals surface area contributed by atoms with Crippen molar-refractivity contribution in [2.45, 2.75) is 6.54 Å². The number of aromatic nitrogens is 1. The van der Waals surface area contributed by atoms with Gasteiger partial charge in [0.15, 0.2) is 10.9 Å². The Bertz CT molecular complexity index is 625. The molecule has 0 spiro atoms. The van der Waals surface area contributed by atoms with Crippen molar-refractivity contribution in [3.63, 3.8) is 0 Å². The summed E-state index contributed by atoms with van der Waals surface area (Å²) >= 11 is 13.0. The Morgan fingerprint density at radius 1 is 1.33 bits per heavy atom. The number of nitrogens with one attached hydrogen (secondary N) is 1. The zero-order valence-electron chi connectivity index (χ0n) is 11.7. The number of thiazole rings is 1. The predicted molar refractivity (Wildman–Crippen MR) is 86.7 cm³/mol. The Kier molecular flexibility index (Phi) is 5.13. The topological polar surface area (TPSA) is 37.4 Å². The molecule has 114 valence electrons. The monoisotopic (exact) mass is 349 g/mol. The fourth-order valence-corrected chi connectivity index (χ4v) is 3.01. The lowest BCUT2D eigenvalue weighted by Crippen LogP contribution is -2.07. The number of halogens is 3. The van der Waals surface area contributed by atoms with E-state index in [1.807, 2.05) is 19.0 Å². The molecule has 4 nitrogen and oxygen atoms in total. The van der Waals surface area contributed by atoms with Gasteiger partial charge in [0.1, 0.15) is 0 Å². The van der Waals surface area contributed by atoms with E-state index in [2.05, 4.69) is 10.3 Å². The third-order valence-corrected chi connectivity index (χ3v) is 4.42. The highest BCUT2D eigenvalue weighted by atomic mass is 35.5. The van der Waals surface area contributed by atoms with Crippen LogP contribution in [0.2, 0.25) is 10.0 Å². The summed E-state index contributed by atoms with van der Waals surface area (Å²) in [5.74, 6) is -0.0512. The van der Waals surface area contributed by atoms with Crippen LogP contribution in [0, 0.1) is 5.82 Å². The van der Waals surface area contributed by atoms with Crippen LogP contribution in [0.4, 0.5) is 15.2 Å². The van der Waals surface area contributed by atoms with Crippen LogP contribution in [0.25, 0.3) is 0 Å². The van der Waals surface area contributed by atoms with Gasteiger partial charge in [-0.25, -0.2) is 4.39 Å². The summed E-state index contributed by atoms with van der Waals surface area (Å²) < 4.78 is 18.6. The van der Waals surface area contributed by atoms with E-state index in [9.17, 15) is 4.39 Å². The lowest BCUT2D eigenvalue weighted by Gasteiger charge is -2.08. The number of methoxy groups -OCH3 is 1. The van der Waals surface area contributed by atoms with Gasteiger partial charge in [0, 0.05) is 19.8 Å². The van der Waals surface area contributed by atoms with E-state index in [1.54, 1.807) is 7.11 Å². The van der Waals surface area contributed by atoms with Crippen LogP contribution in [0.15, 0.2) is 12.1 Å². The molecule has 0 aliphatic rings. The highest BCUT2D eigenvalue weighted by Crippen LogP contribution is 2.32. The molecule has 21 heavy (non-hydrogen) atoms. The third kappa shape index (κ3) is 3.70. The van der Waals surface area contributed by atoms with Gasteiger partial charge >= 0.3 is 0 Å². The smallest absolute Gasteiger partial charge is 0.231 e. The van der Waals surface area contributed by atoms with E-state index in [0.29, 0.717) is 18.1 Å². The van der Waals surface area contributed by atoms with Gasteiger partial charge in [0.2, 0.25) is 5.88 Å². The van der Waals surface area contributed by atoms with Crippen LogP contribution in [-0.4, -0.2) is 26.2 Å². The van der Waals surface area contributed by atoms with Crippen LogP contribution in [0.3, 0.4) is 0 Å². The van der Waals surface area contributed by atoms with Gasteiger partial charge < -0.3 is 15.0 Å². The second-order valence-electron chi connectivity index (χ2n) is 4.43. The minimum absolute atomic E-state index is 0.0183. The van der Waals surface area contributed by atoms with Gasteiger partial charge in [-0.05, 0) is 12.1 Å². The summed E-state index contributed by atoms with van der Waals surface area (Å²) in [4.78, 5) is 7.19. The van der Waals surface area contributed by atoms with Crippen LogP contribution in [0.1, 0.15) is 4.88 Å². The van der Waals surface area contributed by atoms with Crippen LogP contribution in [-0.2, 0) is 6.54 Å². The Hall–Kier alpha value is -1.24. The molecule has 0 saturated heterocycles. The van der Waals surface area contributed by atoms with Crippen molar-refractivity contribution in [1.29, 1.82) is 0 Å². The quantitative estimate of drug-likeness (QED) is 0.817. The minimum Gasteiger partial charge on any atom is -0.480 e. The van der Waals surface area contributed by atoms with E-state index in [-0.39, 0.29) is 10.0 Å². The fourth-order valence-electron chi connectivity index (χ4n) is 1.63. The molecule has 0 fully saturated rings. The van der Waals surface area contributed by atoms with Crippen molar-refractivity contribution < 1.29 is 9.13 Å². The Morgan fingerprint density at radius 2 is 1.95 bits per heavy atom. The summed E-state index contributed by atoms with van der Waals surface area (Å²) in [7, 11) is 5.40. The molecule has 1 heterocycles. The molecule has 2 rings (SSSR count). The molecule has 0 unspecified atom stereocenters. The Labute approximate surface area is 136 Å².